The van der Waals surface area contributed by atoms with Crippen LogP contribution in [0.3, 0.4) is 0 Å². The number of piperazine rings is 1. The third-order valence-electron chi connectivity index (χ3n) is 2.73. The lowest BCUT2D eigenvalue weighted by Crippen LogP contribution is -2.46. The highest BCUT2D eigenvalue weighted by Gasteiger charge is 2.09. The summed E-state index contributed by atoms with van der Waals surface area (Å²) in [5.41, 5.74) is 0. The molecule has 1 fully saturated rings. The minimum Gasteiger partial charge on any atom is -0.337 e. The van der Waals surface area contributed by atoms with E-state index in [4.69, 9.17) is 0 Å². The first-order valence-electron chi connectivity index (χ1n) is 6.08. The predicted octanol–water partition coefficient (Wildman–Crippen LogP) is -0.497. The Hall–Kier alpha value is -1.73. The maximum Gasteiger partial charge on any atom is 0.320 e. The number of amides is 2. The smallest absolute Gasteiger partial charge is 0.320 e. The maximum atomic E-state index is 11.5. The van der Waals surface area contributed by atoms with Gasteiger partial charge in [-0.3, -0.25) is 15.2 Å². The van der Waals surface area contributed by atoms with Gasteiger partial charge in [-0.15, -0.1) is 0 Å². The number of hydrogen-bond acceptors (Lipinski definition) is 5. The second-order valence-corrected chi connectivity index (χ2v) is 4.06. The second-order valence-electron chi connectivity index (χ2n) is 4.06. The van der Waals surface area contributed by atoms with E-state index in [9.17, 15) is 4.79 Å². The van der Waals surface area contributed by atoms with Crippen LogP contribution in [-0.4, -0.2) is 60.2 Å². The first-order chi connectivity index (χ1) is 8.84. The van der Waals surface area contributed by atoms with Gasteiger partial charge in [-0.25, -0.2) is 9.78 Å². The molecule has 1 aliphatic rings. The molecular formula is C11H18N6O. The Kier molecular flexibility index (Phi) is 4.86. The van der Waals surface area contributed by atoms with Crippen LogP contribution < -0.4 is 16.0 Å². The van der Waals surface area contributed by atoms with Crippen LogP contribution in [-0.2, 0) is 0 Å². The van der Waals surface area contributed by atoms with Crippen molar-refractivity contribution < 1.29 is 4.79 Å². The van der Waals surface area contributed by atoms with Crippen LogP contribution in [0.25, 0.3) is 0 Å². The Labute approximate surface area is 106 Å². The summed E-state index contributed by atoms with van der Waals surface area (Å²) in [5.74, 6) is 0.456. The standard InChI is InChI=1S/C11H18N6O/c18-11(16-10-9-13-1-2-14-10)15-5-8-17-6-3-12-4-7-17/h1-2,9,12H,3-8H2,(H2,14,15,16,18). The fourth-order valence-electron chi connectivity index (χ4n) is 1.79. The number of nitrogens with one attached hydrogen (secondary N) is 3. The minimum atomic E-state index is -0.245. The molecule has 1 aromatic heterocycles. The van der Waals surface area contributed by atoms with Gasteiger partial charge in [-0.05, 0) is 0 Å². The Morgan fingerprint density at radius 3 is 2.94 bits per heavy atom. The highest BCUT2D eigenvalue weighted by Crippen LogP contribution is 1.96. The van der Waals surface area contributed by atoms with Crippen molar-refractivity contribution in [2.24, 2.45) is 0 Å². The zero-order chi connectivity index (χ0) is 12.6. The van der Waals surface area contributed by atoms with Gasteiger partial charge >= 0.3 is 6.03 Å². The predicted molar refractivity (Wildman–Crippen MR) is 68.4 cm³/mol. The fourth-order valence-corrected chi connectivity index (χ4v) is 1.79. The van der Waals surface area contributed by atoms with Crippen LogP contribution in [0, 0.1) is 0 Å². The SMILES string of the molecule is O=C(NCCN1CCNCC1)Nc1cnccn1. The summed E-state index contributed by atoms with van der Waals surface area (Å²) in [6.07, 6.45) is 4.61. The van der Waals surface area contributed by atoms with Crippen molar-refractivity contribution in [2.75, 3.05) is 44.6 Å². The normalized spacial score (nSPS) is 16.2. The van der Waals surface area contributed by atoms with Gasteiger partial charge in [-0.1, -0.05) is 0 Å². The minimum absolute atomic E-state index is 0.245. The van der Waals surface area contributed by atoms with Crippen LogP contribution in [0.1, 0.15) is 0 Å². The second kappa shape index (κ2) is 6.87. The quantitative estimate of drug-likeness (QED) is 0.671. The number of aromatic nitrogens is 2. The zero-order valence-electron chi connectivity index (χ0n) is 10.2. The average molecular weight is 250 g/mol. The van der Waals surface area contributed by atoms with Crippen molar-refractivity contribution in [3.8, 4) is 0 Å². The molecule has 0 radical (unpaired) electrons. The Balaban J connectivity index is 1.62. The van der Waals surface area contributed by atoms with Crippen molar-refractivity contribution in [2.45, 2.75) is 0 Å². The van der Waals surface area contributed by atoms with Crippen molar-refractivity contribution in [3.63, 3.8) is 0 Å². The van der Waals surface area contributed by atoms with Gasteiger partial charge in [0.25, 0.3) is 0 Å². The molecule has 0 aromatic carbocycles. The van der Waals surface area contributed by atoms with Crippen molar-refractivity contribution in [3.05, 3.63) is 18.6 Å². The lowest BCUT2D eigenvalue weighted by Gasteiger charge is -2.27. The number of rotatable bonds is 4. The van der Waals surface area contributed by atoms with E-state index in [0.29, 0.717) is 12.4 Å². The first-order valence-corrected chi connectivity index (χ1v) is 6.08. The summed E-state index contributed by atoms with van der Waals surface area (Å²) in [6.45, 7) is 5.61. The molecule has 1 aliphatic heterocycles. The van der Waals surface area contributed by atoms with Gasteiger partial charge < -0.3 is 10.6 Å². The molecule has 98 valence electrons. The molecule has 2 amide bonds. The monoisotopic (exact) mass is 250 g/mol. The number of nitrogens with zero attached hydrogens (tertiary/aromatic N) is 3. The van der Waals surface area contributed by atoms with Gasteiger partial charge in [0.05, 0.1) is 6.20 Å². The van der Waals surface area contributed by atoms with E-state index < -0.39 is 0 Å². The molecule has 0 aliphatic carbocycles. The van der Waals surface area contributed by atoms with Crippen LogP contribution >= 0.6 is 0 Å². The number of urea groups is 1. The summed E-state index contributed by atoms with van der Waals surface area (Å²) >= 11 is 0. The molecular weight excluding hydrogens is 232 g/mol. The summed E-state index contributed by atoms with van der Waals surface area (Å²) in [5, 5.41) is 8.71. The molecule has 18 heavy (non-hydrogen) atoms. The molecule has 0 bridgehead atoms. The van der Waals surface area contributed by atoms with Gasteiger partial charge in [0, 0.05) is 51.7 Å². The topological polar surface area (TPSA) is 82.2 Å². The Bertz CT molecular complexity index is 365. The largest absolute Gasteiger partial charge is 0.337 e. The number of hydrogen-bond donors (Lipinski definition) is 3. The Morgan fingerprint density at radius 1 is 1.39 bits per heavy atom. The zero-order valence-corrected chi connectivity index (χ0v) is 10.2. The van der Waals surface area contributed by atoms with E-state index in [1.165, 1.54) is 12.4 Å². The molecule has 2 rings (SSSR count). The van der Waals surface area contributed by atoms with Gasteiger partial charge in [0.15, 0.2) is 5.82 Å². The summed E-state index contributed by atoms with van der Waals surface area (Å²) < 4.78 is 0. The van der Waals surface area contributed by atoms with Gasteiger partial charge in [-0.2, -0.15) is 0 Å². The molecule has 0 atom stereocenters. The van der Waals surface area contributed by atoms with E-state index in [2.05, 4.69) is 30.8 Å². The number of carbonyl (C=O) groups is 1. The van der Waals surface area contributed by atoms with Gasteiger partial charge in [0.2, 0.25) is 0 Å². The molecule has 2 heterocycles. The summed E-state index contributed by atoms with van der Waals surface area (Å²) in [4.78, 5) is 21.7. The van der Waals surface area contributed by atoms with Crippen molar-refractivity contribution in [1.82, 2.24) is 25.5 Å². The van der Waals surface area contributed by atoms with Crippen LogP contribution in [0.4, 0.5) is 10.6 Å². The molecule has 0 unspecified atom stereocenters. The first kappa shape index (κ1) is 12.7. The average Bonchev–Trinajstić information content (AvgIpc) is 2.41. The lowest BCUT2D eigenvalue weighted by molar-refractivity contribution is 0.233. The summed E-state index contributed by atoms with van der Waals surface area (Å²) in [7, 11) is 0. The third kappa shape index (κ3) is 4.27. The van der Waals surface area contributed by atoms with Crippen LogP contribution in [0.5, 0.6) is 0 Å². The molecule has 7 heteroatoms. The van der Waals surface area contributed by atoms with Crippen LogP contribution in [0.15, 0.2) is 18.6 Å². The molecule has 0 saturated carbocycles. The molecule has 3 N–H and O–H groups in total. The van der Waals surface area contributed by atoms with Crippen molar-refractivity contribution >= 4 is 11.8 Å². The number of carbonyl (C=O) groups excluding carboxylic acids is 1. The maximum absolute atomic E-state index is 11.5. The lowest BCUT2D eigenvalue weighted by atomic mass is 10.3. The highest BCUT2D eigenvalue weighted by molar-refractivity contribution is 5.87. The molecule has 1 aromatic rings. The fraction of sp³-hybridized carbons (Fsp3) is 0.545. The van der Waals surface area contributed by atoms with E-state index in [0.717, 1.165) is 32.7 Å². The molecule has 7 nitrogen and oxygen atoms in total. The van der Waals surface area contributed by atoms with Crippen LogP contribution in [0.2, 0.25) is 0 Å². The van der Waals surface area contributed by atoms with E-state index in [-0.39, 0.29) is 6.03 Å². The highest BCUT2D eigenvalue weighted by atomic mass is 16.2. The van der Waals surface area contributed by atoms with E-state index >= 15 is 0 Å². The van der Waals surface area contributed by atoms with E-state index in [1.54, 1.807) is 6.20 Å². The van der Waals surface area contributed by atoms with E-state index in [1.807, 2.05) is 0 Å². The van der Waals surface area contributed by atoms with Crippen molar-refractivity contribution in [1.29, 1.82) is 0 Å². The van der Waals surface area contributed by atoms with Gasteiger partial charge in [0.1, 0.15) is 0 Å². The Morgan fingerprint density at radius 2 is 2.22 bits per heavy atom. The summed E-state index contributed by atoms with van der Waals surface area (Å²) in [6, 6.07) is -0.245. The number of anilines is 1. The third-order valence-corrected chi connectivity index (χ3v) is 2.73. The molecule has 1 saturated heterocycles. The molecule has 0 spiro atoms.